The Morgan fingerprint density at radius 3 is 2.67 bits per heavy atom. The molecule has 2 amide bonds. The summed E-state index contributed by atoms with van der Waals surface area (Å²) in [6.45, 7) is 4.37. The number of rotatable bonds is 4. The topological polar surface area (TPSA) is 66.5 Å². The lowest BCUT2D eigenvalue weighted by Crippen LogP contribution is -2.40. The normalized spacial score (nSPS) is 17.1. The Hall–Kier alpha value is -2.17. The van der Waals surface area contributed by atoms with Crippen molar-refractivity contribution in [1.82, 2.24) is 5.32 Å². The fraction of sp³-hybridized carbons (Fsp3) is 0.438. The maximum absolute atomic E-state index is 12.1. The van der Waals surface area contributed by atoms with Crippen molar-refractivity contribution >= 4 is 23.3 Å². The summed E-state index contributed by atoms with van der Waals surface area (Å²) in [6.07, 6.45) is 2.31. The van der Waals surface area contributed by atoms with Gasteiger partial charge in [-0.2, -0.15) is 0 Å². The Balaban J connectivity index is 1.82. The number of amides is 2. The number of benzene rings is 1. The van der Waals surface area contributed by atoms with Crippen molar-refractivity contribution in [3.8, 4) is 0 Å². The first-order valence-corrected chi connectivity index (χ1v) is 7.22. The van der Waals surface area contributed by atoms with Crippen molar-refractivity contribution < 1.29 is 14.4 Å². The highest BCUT2D eigenvalue weighted by Gasteiger charge is 2.38. The van der Waals surface area contributed by atoms with E-state index < -0.39 is 11.7 Å². The Morgan fingerprint density at radius 1 is 1.29 bits per heavy atom. The SMILES string of the molecule is Cc1ccc2c(c1C)N(CC(=O)NCC1CC1)C(=O)C2=O. The van der Waals surface area contributed by atoms with E-state index in [-0.39, 0.29) is 12.5 Å². The molecule has 0 saturated heterocycles. The molecule has 0 bridgehead atoms. The first kappa shape index (κ1) is 13.8. The molecule has 1 aromatic carbocycles. The van der Waals surface area contributed by atoms with Gasteiger partial charge in [0.05, 0.1) is 11.3 Å². The molecule has 110 valence electrons. The molecule has 1 fully saturated rings. The predicted octanol–water partition coefficient (Wildman–Crippen LogP) is 1.36. The average Bonchev–Trinajstić information content (AvgIpc) is 3.25. The van der Waals surface area contributed by atoms with Crippen molar-refractivity contribution in [1.29, 1.82) is 0 Å². The molecular formula is C16H18N2O3. The fourth-order valence-corrected chi connectivity index (χ4v) is 2.60. The van der Waals surface area contributed by atoms with Gasteiger partial charge in [-0.25, -0.2) is 0 Å². The van der Waals surface area contributed by atoms with Gasteiger partial charge in [-0.15, -0.1) is 0 Å². The lowest BCUT2D eigenvalue weighted by Gasteiger charge is -2.19. The van der Waals surface area contributed by atoms with Gasteiger partial charge >= 0.3 is 0 Å². The highest BCUT2D eigenvalue weighted by Crippen LogP contribution is 2.34. The van der Waals surface area contributed by atoms with E-state index in [2.05, 4.69) is 5.32 Å². The third-order valence-electron chi connectivity index (χ3n) is 4.24. The molecule has 1 N–H and O–H groups in total. The zero-order valence-electron chi connectivity index (χ0n) is 12.2. The lowest BCUT2D eigenvalue weighted by molar-refractivity contribution is -0.122. The number of aryl methyl sites for hydroxylation is 1. The summed E-state index contributed by atoms with van der Waals surface area (Å²) in [4.78, 5) is 37.4. The molecule has 0 radical (unpaired) electrons. The van der Waals surface area contributed by atoms with Crippen molar-refractivity contribution in [2.75, 3.05) is 18.0 Å². The minimum Gasteiger partial charge on any atom is -0.354 e. The van der Waals surface area contributed by atoms with Crippen molar-refractivity contribution in [3.05, 3.63) is 28.8 Å². The third-order valence-corrected chi connectivity index (χ3v) is 4.24. The second kappa shape index (κ2) is 4.98. The van der Waals surface area contributed by atoms with Gasteiger partial charge in [0.25, 0.3) is 11.7 Å². The van der Waals surface area contributed by atoms with Crippen LogP contribution >= 0.6 is 0 Å². The maximum atomic E-state index is 12.1. The fourth-order valence-electron chi connectivity index (χ4n) is 2.60. The van der Waals surface area contributed by atoms with Crippen LogP contribution in [-0.4, -0.2) is 30.7 Å². The zero-order valence-corrected chi connectivity index (χ0v) is 12.2. The number of carbonyl (C=O) groups excluding carboxylic acids is 3. The Bertz CT molecular complexity index is 647. The van der Waals surface area contributed by atoms with Crippen LogP contribution in [0.4, 0.5) is 5.69 Å². The summed E-state index contributed by atoms with van der Waals surface area (Å²) in [5.41, 5.74) is 2.87. The highest BCUT2D eigenvalue weighted by atomic mass is 16.2. The number of carbonyl (C=O) groups is 3. The van der Waals surface area contributed by atoms with Gasteiger partial charge in [-0.05, 0) is 49.8 Å². The monoisotopic (exact) mass is 286 g/mol. The standard InChI is InChI=1S/C16H18N2O3/c1-9-3-6-12-14(10(9)2)18(16(21)15(12)20)8-13(19)17-7-11-4-5-11/h3,6,11H,4-5,7-8H2,1-2H3,(H,17,19). The molecule has 5 heteroatoms. The lowest BCUT2D eigenvalue weighted by atomic mass is 10.0. The molecule has 1 aromatic rings. The summed E-state index contributed by atoms with van der Waals surface area (Å²) in [6, 6.07) is 3.50. The van der Waals surface area contributed by atoms with Gasteiger partial charge in [0, 0.05) is 6.54 Å². The van der Waals surface area contributed by atoms with Crippen LogP contribution in [0.5, 0.6) is 0 Å². The van der Waals surface area contributed by atoms with E-state index in [1.54, 1.807) is 6.07 Å². The van der Waals surface area contributed by atoms with Gasteiger partial charge < -0.3 is 5.32 Å². The molecule has 0 spiro atoms. The Labute approximate surface area is 123 Å². The average molecular weight is 286 g/mol. The van der Waals surface area contributed by atoms with Crippen LogP contribution in [0.25, 0.3) is 0 Å². The summed E-state index contributed by atoms with van der Waals surface area (Å²) < 4.78 is 0. The van der Waals surface area contributed by atoms with Gasteiger partial charge in [0.2, 0.25) is 5.91 Å². The van der Waals surface area contributed by atoms with Gasteiger partial charge in [-0.3, -0.25) is 19.3 Å². The summed E-state index contributed by atoms with van der Waals surface area (Å²) in [5.74, 6) is -0.763. The van der Waals surface area contributed by atoms with Crippen LogP contribution in [-0.2, 0) is 9.59 Å². The molecule has 1 heterocycles. The molecule has 2 aliphatic rings. The van der Waals surface area contributed by atoms with E-state index in [1.807, 2.05) is 19.9 Å². The van der Waals surface area contributed by atoms with Crippen LogP contribution in [0.3, 0.4) is 0 Å². The van der Waals surface area contributed by atoms with E-state index in [1.165, 1.54) is 4.90 Å². The molecular weight excluding hydrogens is 268 g/mol. The van der Waals surface area contributed by atoms with E-state index in [0.717, 1.165) is 24.0 Å². The van der Waals surface area contributed by atoms with E-state index in [4.69, 9.17) is 0 Å². The number of ketones is 1. The molecule has 3 rings (SSSR count). The molecule has 0 aromatic heterocycles. The second-order valence-corrected chi connectivity index (χ2v) is 5.87. The van der Waals surface area contributed by atoms with Crippen LogP contribution in [0.15, 0.2) is 12.1 Å². The summed E-state index contributed by atoms with van der Waals surface area (Å²) >= 11 is 0. The largest absolute Gasteiger partial charge is 0.354 e. The molecule has 1 aliphatic carbocycles. The van der Waals surface area contributed by atoms with E-state index in [0.29, 0.717) is 23.7 Å². The van der Waals surface area contributed by atoms with Crippen LogP contribution in [0.1, 0.15) is 34.3 Å². The van der Waals surface area contributed by atoms with Crippen LogP contribution in [0, 0.1) is 19.8 Å². The number of nitrogens with zero attached hydrogens (tertiary/aromatic N) is 1. The van der Waals surface area contributed by atoms with Gasteiger partial charge in [0.1, 0.15) is 6.54 Å². The number of fused-ring (bicyclic) bond motifs is 1. The number of hydrogen-bond donors (Lipinski definition) is 1. The third kappa shape index (κ3) is 2.44. The highest BCUT2D eigenvalue weighted by molar-refractivity contribution is 6.52. The first-order chi connectivity index (χ1) is 9.99. The van der Waals surface area contributed by atoms with Crippen molar-refractivity contribution in [3.63, 3.8) is 0 Å². The van der Waals surface area contributed by atoms with Crippen molar-refractivity contribution in [2.24, 2.45) is 5.92 Å². The number of nitrogens with one attached hydrogen (secondary N) is 1. The molecule has 1 saturated carbocycles. The quantitative estimate of drug-likeness (QED) is 0.850. The number of anilines is 1. The molecule has 1 aliphatic heterocycles. The first-order valence-electron chi connectivity index (χ1n) is 7.22. The minimum absolute atomic E-state index is 0.0887. The smallest absolute Gasteiger partial charge is 0.299 e. The summed E-state index contributed by atoms with van der Waals surface area (Å²) in [5, 5.41) is 2.83. The predicted molar refractivity (Wildman–Crippen MR) is 78.3 cm³/mol. The Kier molecular flexibility index (Phi) is 3.27. The van der Waals surface area contributed by atoms with Crippen molar-refractivity contribution in [2.45, 2.75) is 26.7 Å². The molecule has 21 heavy (non-hydrogen) atoms. The minimum atomic E-state index is -0.611. The molecule has 0 atom stereocenters. The molecule has 5 nitrogen and oxygen atoms in total. The number of hydrogen-bond acceptors (Lipinski definition) is 3. The van der Waals surface area contributed by atoms with Gasteiger partial charge in [0.15, 0.2) is 0 Å². The summed E-state index contributed by atoms with van der Waals surface area (Å²) in [7, 11) is 0. The zero-order chi connectivity index (χ0) is 15.1. The van der Waals surface area contributed by atoms with E-state index in [9.17, 15) is 14.4 Å². The maximum Gasteiger partial charge on any atom is 0.299 e. The molecule has 0 unspecified atom stereocenters. The second-order valence-electron chi connectivity index (χ2n) is 5.87. The van der Waals surface area contributed by atoms with E-state index >= 15 is 0 Å². The Morgan fingerprint density at radius 2 is 2.00 bits per heavy atom. The van der Waals surface area contributed by atoms with Crippen LogP contribution in [0.2, 0.25) is 0 Å². The van der Waals surface area contributed by atoms with Crippen LogP contribution < -0.4 is 10.2 Å². The number of Topliss-reactive ketones (excluding diaryl/α,β-unsaturated/α-hetero) is 1. The van der Waals surface area contributed by atoms with Gasteiger partial charge in [-0.1, -0.05) is 6.07 Å².